The largest absolute Gasteiger partial charge is 0.114 e. The van der Waals surface area contributed by atoms with E-state index in [2.05, 4.69) is 68.4 Å². The fourth-order valence-electron chi connectivity index (χ4n) is 3.58. The van der Waals surface area contributed by atoms with E-state index in [0.29, 0.717) is 0 Å². The van der Waals surface area contributed by atoms with Crippen LogP contribution in [0.4, 0.5) is 0 Å². The first kappa shape index (κ1) is 11.8. The van der Waals surface area contributed by atoms with Crippen molar-refractivity contribution in [3.63, 3.8) is 0 Å². The highest BCUT2D eigenvalue weighted by molar-refractivity contribution is 6.39. The summed E-state index contributed by atoms with van der Waals surface area (Å²) >= 11 is 0. The third-order valence-electron chi connectivity index (χ3n) is 4.62. The van der Waals surface area contributed by atoms with Crippen LogP contribution in [-0.2, 0) is 5.41 Å². The third kappa shape index (κ3) is 1.33. The van der Waals surface area contributed by atoms with E-state index in [1.165, 1.54) is 27.6 Å². The zero-order chi connectivity index (χ0) is 13.9. The average Bonchev–Trinajstić information content (AvgIpc) is 2.69. The molecule has 1 aliphatic rings. The lowest BCUT2D eigenvalue weighted by atomic mass is 9.78. The van der Waals surface area contributed by atoms with Crippen LogP contribution in [0, 0.1) is 0 Å². The summed E-state index contributed by atoms with van der Waals surface area (Å²) in [6.45, 7) is 4.57. The van der Waals surface area contributed by atoms with Gasteiger partial charge in [0.05, 0.1) is 0 Å². The Kier molecular flexibility index (Phi) is 2.21. The molecule has 0 saturated carbocycles. The Labute approximate surface area is 120 Å². The molecule has 2 radical (unpaired) electrons. The standard InChI is InChI=1S/C19H15B/c1-19(2)15-10-6-5-9-14(15)18-13-8-4-3-7-12(13)17(20)11-16(18)19/h3-11H,1-2H3. The van der Waals surface area contributed by atoms with Crippen LogP contribution in [0.15, 0.2) is 54.6 Å². The maximum absolute atomic E-state index is 6.29. The summed E-state index contributed by atoms with van der Waals surface area (Å²) in [7, 11) is 6.29. The van der Waals surface area contributed by atoms with E-state index in [9.17, 15) is 0 Å². The van der Waals surface area contributed by atoms with Crippen LogP contribution in [0.2, 0.25) is 0 Å². The lowest BCUT2D eigenvalue weighted by Gasteiger charge is -2.22. The minimum absolute atomic E-state index is 0.0179. The molecule has 0 amide bonds. The van der Waals surface area contributed by atoms with E-state index in [-0.39, 0.29) is 5.41 Å². The third-order valence-corrected chi connectivity index (χ3v) is 4.62. The van der Waals surface area contributed by atoms with Gasteiger partial charge >= 0.3 is 0 Å². The number of hydrogen-bond acceptors (Lipinski definition) is 0. The fraction of sp³-hybridized carbons (Fsp3) is 0.158. The van der Waals surface area contributed by atoms with Gasteiger partial charge in [0, 0.05) is 5.41 Å². The molecule has 0 unspecified atom stereocenters. The van der Waals surface area contributed by atoms with E-state index in [4.69, 9.17) is 7.85 Å². The summed E-state index contributed by atoms with van der Waals surface area (Å²) < 4.78 is 0. The molecule has 0 atom stereocenters. The quantitative estimate of drug-likeness (QED) is 0.533. The number of hydrogen-bond donors (Lipinski definition) is 0. The molecule has 0 nitrogen and oxygen atoms in total. The fourth-order valence-corrected chi connectivity index (χ4v) is 3.58. The van der Waals surface area contributed by atoms with Crippen LogP contribution in [0.25, 0.3) is 21.9 Å². The maximum Gasteiger partial charge on any atom is 0.114 e. The molecule has 0 spiro atoms. The predicted molar refractivity (Wildman–Crippen MR) is 86.9 cm³/mol. The van der Waals surface area contributed by atoms with Crippen LogP contribution in [0.3, 0.4) is 0 Å². The molecule has 4 rings (SSSR count). The van der Waals surface area contributed by atoms with Gasteiger partial charge in [0.1, 0.15) is 7.85 Å². The smallest absolute Gasteiger partial charge is 0.0886 e. The van der Waals surface area contributed by atoms with Crippen LogP contribution < -0.4 is 5.46 Å². The zero-order valence-electron chi connectivity index (χ0n) is 11.8. The SMILES string of the molecule is [B]c1cc2c(c3ccccc13)-c1ccccc1C2(C)C. The van der Waals surface area contributed by atoms with Gasteiger partial charge in [-0.3, -0.25) is 0 Å². The number of benzene rings is 3. The lowest BCUT2D eigenvalue weighted by Crippen LogP contribution is -2.18. The van der Waals surface area contributed by atoms with Gasteiger partial charge in [0.15, 0.2) is 0 Å². The van der Waals surface area contributed by atoms with E-state index in [1.54, 1.807) is 0 Å². The molecule has 0 heterocycles. The van der Waals surface area contributed by atoms with Gasteiger partial charge in [-0.1, -0.05) is 73.9 Å². The van der Waals surface area contributed by atoms with Crippen molar-refractivity contribution in [2.24, 2.45) is 0 Å². The van der Waals surface area contributed by atoms with Crippen LogP contribution in [-0.4, -0.2) is 7.85 Å². The van der Waals surface area contributed by atoms with Gasteiger partial charge < -0.3 is 0 Å². The molecule has 3 aromatic rings. The van der Waals surface area contributed by atoms with E-state index in [1.807, 2.05) is 0 Å². The molecule has 3 aromatic carbocycles. The van der Waals surface area contributed by atoms with Crippen LogP contribution in [0.1, 0.15) is 25.0 Å². The highest BCUT2D eigenvalue weighted by Gasteiger charge is 2.36. The van der Waals surface area contributed by atoms with Gasteiger partial charge in [-0.15, -0.1) is 0 Å². The first-order chi connectivity index (χ1) is 9.60. The van der Waals surface area contributed by atoms with Gasteiger partial charge in [0.2, 0.25) is 0 Å². The van der Waals surface area contributed by atoms with Crippen molar-refractivity contribution in [2.45, 2.75) is 19.3 Å². The minimum atomic E-state index is 0.0179. The molecule has 20 heavy (non-hydrogen) atoms. The molecule has 1 heteroatoms. The molecule has 0 fully saturated rings. The Hall–Kier alpha value is -2.02. The Bertz CT molecular complexity index is 844. The Morgan fingerprint density at radius 1 is 0.800 bits per heavy atom. The zero-order valence-corrected chi connectivity index (χ0v) is 11.8. The first-order valence-corrected chi connectivity index (χ1v) is 7.02. The van der Waals surface area contributed by atoms with Crippen molar-refractivity contribution in [2.75, 3.05) is 0 Å². The second-order valence-electron chi connectivity index (χ2n) is 6.10. The van der Waals surface area contributed by atoms with Gasteiger partial charge in [-0.05, 0) is 33.0 Å². The highest BCUT2D eigenvalue weighted by Crippen LogP contribution is 2.50. The molecule has 94 valence electrons. The van der Waals surface area contributed by atoms with Gasteiger partial charge in [-0.25, -0.2) is 0 Å². The molecule has 0 aromatic heterocycles. The van der Waals surface area contributed by atoms with Crippen molar-refractivity contribution in [1.82, 2.24) is 0 Å². The molecular formula is C19H15B. The summed E-state index contributed by atoms with van der Waals surface area (Å²) in [5, 5.41) is 2.42. The Balaban J connectivity index is 2.25. The van der Waals surface area contributed by atoms with Crippen LogP contribution in [0.5, 0.6) is 0 Å². The van der Waals surface area contributed by atoms with Crippen LogP contribution >= 0.6 is 0 Å². The monoisotopic (exact) mass is 254 g/mol. The second-order valence-corrected chi connectivity index (χ2v) is 6.10. The first-order valence-electron chi connectivity index (χ1n) is 7.02. The molecule has 0 saturated heterocycles. The normalized spacial score (nSPS) is 15.1. The van der Waals surface area contributed by atoms with Gasteiger partial charge in [-0.2, -0.15) is 0 Å². The van der Waals surface area contributed by atoms with Crippen molar-refractivity contribution >= 4 is 24.1 Å². The number of fused-ring (bicyclic) bond motifs is 5. The maximum atomic E-state index is 6.29. The molecular weight excluding hydrogens is 239 g/mol. The van der Waals surface area contributed by atoms with Crippen molar-refractivity contribution in [3.05, 3.63) is 65.7 Å². The predicted octanol–water partition coefficient (Wildman–Crippen LogP) is 3.94. The molecule has 1 aliphatic carbocycles. The van der Waals surface area contributed by atoms with Crippen molar-refractivity contribution in [3.8, 4) is 11.1 Å². The summed E-state index contributed by atoms with van der Waals surface area (Å²) in [6, 6.07) is 19.3. The molecule has 0 N–H and O–H groups in total. The summed E-state index contributed by atoms with van der Waals surface area (Å²) in [5.41, 5.74) is 6.34. The van der Waals surface area contributed by atoms with E-state index in [0.717, 1.165) is 10.8 Å². The van der Waals surface area contributed by atoms with Crippen molar-refractivity contribution < 1.29 is 0 Å². The summed E-state index contributed by atoms with van der Waals surface area (Å²) in [5.74, 6) is 0. The van der Waals surface area contributed by atoms with Gasteiger partial charge in [0.25, 0.3) is 0 Å². The van der Waals surface area contributed by atoms with E-state index >= 15 is 0 Å². The Morgan fingerprint density at radius 3 is 2.25 bits per heavy atom. The Morgan fingerprint density at radius 2 is 1.45 bits per heavy atom. The summed E-state index contributed by atoms with van der Waals surface area (Å²) in [6.07, 6.45) is 0. The number of rotatable bonds is 0. The molecule has 0 bridgehead atoms. The summed E-state index contributed by atoms with van der Waals surface area (Å²) in [4.78, 5) is 0. The minimum Gasteiger partial charge on any atom is -0.0886 e. The second kappa shape index (κ2) is 3.76. The molecule has 0 aliphatic heterocycles. The lowest BCUT2D eigenvalue weighted by molar-refractivity contribution is 0.661. The van der Waals surface area contributed by atoms with E-state index < -0.39 is 0 Å². The average molecular weight is 254 g/mol. The highest BCUT2D eigenvalue weighted by atomic mass is 14.4. The van der Waals surface area contributed by atoms with Crippen molar-refractivity contribution in [1.29, 1.82) is 0 Å². The topological polar surface area (TPSA) is 0 Å².